The summed E-state index contributed by atoms with van der Waals surface area (Å²) in [7, 11) is 1.75. The quantitative estimate of drug-likeness (QED) is 0.927. The van der Waals surface area contributed by atoms with Crippen LogP contribution in [0.25, 0.3) is 0 Å². The molecule has 1 aromatic rings. The SMILES string of the molecule is COCCN1CCCCC(N)C1c1ccc(Cl)cc1C. The van der Waals surface area contributed by atoms with Crippen molar-refractivity contribution in [3.05, 3.63) is 34.3 Å². The fraction of sp³-hybridized carbons (Fsp3) is 0.625. The van der Waals surface area contributed by atoms with Crippen molar-refractivity contribution in [2.24, 2.45) is 5.73 Å². The van der Waals surface area contributed by atoms with E-state index in [4.69, 9.17) is 22.1 Å². The van der Waals surface area contributed by atoms with Crippen LogP contribution in [0, 0.1) is 6.92 Å². The lowest BCUT2D eigenvalue weighted by Crippen LogP contribution is -2.41. The Morgan fingerprint density at radius 1 is 1.40 bits per heavy atom. The monoisotopic (exact) mass is 296 g/mol. The molecule has 1 aliphatic heterocycles. The zero-order chi connectivity index (χ0) is 14.5. The van der Waals surface area contributed by atoms with Crippen molar-refractivity contribution in [3.63, 3.8) is 0 Å². The van der Waals surface area contributed by atoms with Crippen molar-refractivity contribution in [1.82, 2.24) is 4.90 Å². The van der Waals surface area contributed by atoms with Gasteiger partial charge in [0.2, 0.25) is 0 Å². The van der Waals surface area contributed by atoms with E-state index in [1.165, 1.54) is 24.0 Å². The normalized spacial score (nSPS) is 24.6. The highest BCUT2D eigenvalue weighted by Crippen LogP contribution is 2.32. The van der Waals surface area contributed by atoms with Crippen molar-refractivity contribution in [2.45, 2.75) is 38.3 Å². The van der Waals surface area contributed by atoms with Crippen molar-refractivity contribution in [1.29, 1.82) is 0 Å². The van der Waals surface area contributed by atoms with Crippen LogP contribution in [0.1, 0.15) is 36.4 Å². The number of rotatable bonds is 4. The second kappa shape index (κ2) is 7.41. The first kappa shape index (κ1) is 15.8. The molecule has 2 rings (SSSR count). The van der Waals surface area contributed by atoms with Gasteiger partial charge >= 0.3 is 0 Å². The maximum absolute atomic E-state index is 6.46. The molecule has 112 valence electrons. The summed E-state index contributed by atoms with van der Waals surface area (Å²) in [5.74, 6) is 0. The first-order valence-electron chi connectivity index (χ1n) is 7.38. The molecule has 2 atom stereocenters. The molecular formula is C16H25ClN2O. The molecule has 2 N–H and O–H groups in total. The summed E-state index contributed by atoms with van der Waals surface area (Å²) in [6.45, 7) is 4.88. The number of halogens is 1. The predicted octanol–water partition coefficient (Wildman–Crippen LogP) is 3.15. The minimum atomic E-state index is 0.175. The molecule has 0 aliphatic carbocycles. The van der Waals surface area contributed by atoms with Gasteiger partial charge in [0.1, 0.15) is 0 Å². The Labute approximate surface area is 127 Å². The Bertz CT molecular complexity index is 438. The van der Waals surface area contributed by atoms with Crippen LogP contribution in [-0.4, -0.2) is 37.7 Å². The number of likely N-dealkylation sites (tertiary alicyclic amines) is 1. The summed E-state index contributed by atoms with van der Waals surface area (Å²) in [4.78, 5) is 2.47. The third kappa shape index (κ3) is 3.73. The number of nitrogens with two attached hydrogens (primary N) is 1. The zero-order valence-electron chi connectivity index (χ0n) is 12.4. The molecule has 0 aromatic heterocycles. The van der Waals surface area contributed by atoms with E-state index in [9.17, 15) is 0 Å². The smallest absolute Gasteiger partial charge is 0.0589 e. The Balaban J connectivity index is 2.29. The van der Waals surface area contributed by atoms with Gasteiger partial charge in [0.15, 0.2) is 0 Å². The number of hydrogen-bond acceptors (Lipinski definition) is 3. The van der Waals surface area contributed by atoms with Crippen LogP contribution < -0.4 is 5.73 Å². The van der Waals surface area contributed by atoms with Crippen LogP contribution in [0.15, 0.2) is 18.2 Å². The van der Waals surface area contributed by atoms with Crippen molar-refractivity contribution in [3.8, 4) is 0 Å². The lowest BCUT2D eigenvalue weighted by atomic mass is 9.93. The number of benzene rings is 1. The maximum atomic E-state index is 6.46. The second-order valence-corrected chi connectivity index (χ2v) is 6.07. The fourth-order valence-corrected chi connectivity index (χ4v) is 3.35. The average Bonchev–Trinajstić information content (AvgIpc) is 2.59. The largest absolute Gasteiger partial charge is 0.383 e. The molecule has 0 saturated carbocycles. The van der Waals surface area contributed by atoms with E-state index < -0.39 is 0 Å². The highest BCUT2D eigenvalue weighted by molar-refractivity contribution is 6.30. The molecule has 0 spiro atoms. The van der Waals surface area contributed by atoms with E-state index in [0.29, 0.717) is 0 Å². The lowest BCUT2D eigenvalue weighted by Gasteiger charge is -2.34. The molecule has 1 aromatic carbocycles. The van der Waals surface area contributed by atoms with Crippen LogP contribution in [0.4, 0.5) is 0 Å². The average molecular weight is 297 g/mol. The summed E-state index contributed by atoms with van der Waals surface area (Å²) in [6, 6.07) is 6.57. The minimum absolute atomic E-state index is 0.175. The fourth-order valence-electron chi connectivity index (χ4n) is 3.12. The minimum Gasteiger partial charge on any atom is -0.383 e. The van der Waals surface area contributed by atoms with Gasteiger partial charge in [-0.15, -0.1) is 0 Å². The third-order valence-corrected chi connectivity index (χ3v) is 4.40. The molecular weight excluding hydrogens is 272 g/mol. The van der Waals surface area contributed by atoms with E-state index in [-0.39, 0.29) is 12.1 Å². The molecule has 1 aliphatic rings. The van der Waals surface area contributed by atoms with E-state index in [2.05, 4.69) is 17.9 Å². The lowest BCUT2D eigenvalue weighted by molar-refractivity contribution is 0.114. The van der Waals surface area contributed by atoms with Crippen LogP contribution in [-0.2, 0) is 4.74 Å². The molecule has 0 radical (unpaired) electrons. The summed E-state index contributed by atoms with van der Waals surface area (Å²) >= 11 is 6.08. The molecule has 4 heteroatoms. The predicted molar refractivity (Wildman–Crippen MR) is 84.2 cm³/mol. The Hall–Kier alpha value is -0.610. The van der Waals surface area contributed by atoms with Gasteiger partial charge < -0.3 is 10.5 Å². The summed E-state index contributed by atoms with van der Waals surface area (Å²) < 4.78 is 5.25. The highest BCUT2D eigenvalue weighted by Gasteiger charge is 2.29. The highest BCUT2D eigenvalue weighted by atomic mass is 35.5. The summed E-state index contributed by atoms with van der Waals surface area (Å²) in [5.41, 5.74) is 8.99. The van der Waals surface area contributed by atoms with E-state index in [0.717, 1.165) is 31.1 Å². The number of methoxy groups -OCH3 is 1. The van der Waals surface area contributed by atoms with Gasteiger partial charge in [-0.2, -0.15) is 0 Å². The van der Waals surface area contributed by atoms with Crippen LogP contribution in [0.3, 0.4) is 0 Å². The van der Waals surface area contributed by atoms with Crippen molar-refractivity contribution in [2.75, 3.05) is 26.8 Å². The Morgan fingerprint density at radius 3 is 2.90 bits per heavy atom. The number of nitrogens with zero attached hydrogens (tertiary/aromatic N) is 1. The van der Waals surface area contributed by atoms with Gasteiger partial charge in [0, 0.05) is 24.7 Å². The van der Waals surface area contributed by atoms with E-state index >= 15 is 0 Å². The zero-order valence-corrected chi connectivity index (χ0v) is 13.2. The molecule has 1 fully saturated rings. The van der Waals surface area contributed by atoms with Gasteiger partial charge in [0.05, 0.1) is 12.6 Å². The number of hydrogen-bond donors (Lipinski definition) is 1. The van der Waals surface area contributed by atoms with Crippen LogP contribution >= 0.6 is 11.6 Å². The van der Waals surface area contributed by atoms with E-state index in [1.54, 1.807) is 7.11 Å². The summed E-state index contributed by atoms with van der Waals surface area (Å²) in [6.07, 6.45) is 3.49. The maximum Gasteiger partial charge on any atom is 0.0589 e. The van der Waals surface area contributed by atoms with Crippen LogP contribution in [0.2, 0.25) is 5.02 Å². The van der Waals surface area contributed by atoms with E-state index in [1.807, 2.05) is 12.1 Å². The molecule has 3 nitrogen and oxygen atoms in total. The molecule has 1 saturated heterocycles. The summed E-state index contributed by atoms with van der Waals surface area (Å²) in [5, 5.41) is 0.789. The van der Waals surface area contributed by atoms with Gasteiger partial charge in [-0.1, -0.05) is 24.1 Å². The second-order valence-electron chi connectivity index (χ2n) is 5.63. The number of ether oxygens (including phenoxy) is 1. The molecule has 0 bridgehead atoms. The van der Waals surface area contributed by atoms with Gasteiger partial charge in [-0.3, -0.25) is 4.90 Å². The van der Waals surface area contributed by atoms with Crippen molar-refractivity contribution < 1.29 is 4.74 Å². The number of aryl methyl sites for hydroxylation is 1. The standard InChI is InChI=1S/C16H25ClN2O/c1-12-11-13(17)6-7-14(12)16-15(18)5-3-4-8-19(16)9-10-20-2/h6-7,11,15-16H,3-5,8-10,18H2,1-2H3. The molecule has 2 unspecified atom stereocenters. The van der Waals surface area contributed by atoms with Crippen molar-refractivity contribution >= 4 is 11.6 Å². The van der Waals surface area contributed by atoms with Gasteiger partial charge in [0.25, 0.3) is 0 Å². The molecule has 1 heterocycles. The Morgan fingerprint density at radius 2 is 2.20 bits per heavy atom. The van der Waals surface area contributed by atoms with Gasteiger partial charge in [-0.25, -0.2) is 0 Å². The Kier molecular flexibility index (Phi) is 5.85. The van der Waals surface area contributed by atoms with Gasteiger partial charge in [-0.05, 0) is 49.6 Å². The molecule has 0 amide bonds. The molecule has 20 heavy (non-hydrogen) atoms. The van der Waals surface area contributed by atoms with Crippen LogP contribution in [0.5, 0.6) is 0 Å². The first-order valence-corrected chi connectivity index (χ1v) is 7.76. The third-order valence-electron chi connectivity index (χ3n) is 4.16. The first-order chi connectivity index (χ1) is 9.63. The topological polar surface area (TPSA) is 38.5 Å².